The first-order valence-electron chi connectivity index (χ1n) is 17.7. The van der Waals surface area contributed by atoms with E-state index in [-0.39, 0.29) is 46.2 Å². The number of furan rings is 1. The highest BCUT2D eigenvalue weighted by Crippen LogP contribution is 2.81. The second-order valence-corrected chi connectivity index (χ2v) is 16.0. The van der Waals surface area contributed by atoms with E-state index in [4.69, 9.17) is 18.6 Å². The number of phenols is 2. The predicted molar refractivity (Wildman–Crippen MR) is 190 cm³/mol. The van der Waals surface area contributed by atoms with Crippen LogP contribution in [-0.4, -0.2) is 63.6 Å². The zero-order chi connectivity index (χ0) is 38.5. The summed E-state index contributed by atoms with van der Waals surface area (Å²) in [4.78, 5) is 51.7. The Hall–Kier alpha value is -5.16. The summed E-state index contributed by atoms with van der Waals surface area (Å²) < 4.78 is 22.9. The average molecular weight is 725 g/mol. The van der Waals surface area contributed by atoms with Crippen molar-refractivity contribution in [3.05, 3.63) is 101 Å². The molecule has 1 spiro atoms. The van der Waals surface area contributed by atoms with E-state index >= 15 is 0 Å². The van der Waals surface area contributed by atoms with E-state index in [1.54, 1.807) is 56.7 Å². The number of ketones is 3. The molecule has 1 aliphatic heterocycles. The van der Waals surface area contributed by atoms with Crippen molar-refractivity contribution in [2.24, 2.45) is 27.6 Å². The van der Waals surface area contributed by atoms with Gasteiger partial charge in [0, 0.05) is 29.7 Å². The smallest absolute Gasteiger partial charge is 0.302 e. The minimum atomic E-state index is -1.17. The van der Waals surface area contributed by atoms with Gasteiger partial charge < -0.3 is 33.9 Å². The van der Waals surface area contributed by atoms with E-state index in [1.807, 2.05) is 19.9 Å². The number of Topliss-reactive ketones (excluding diaryl/α,β-unsaturated/α-hetero) is 1. The van der Waals surface area contributed by atoms with Crippen LogP contribution in [0.15, 0.2) is 89.0 Å². The first-order chi connectivity index (χ1) is 24.9. The maximum atomic E-state index is 14.3. The summed E-state index contributed by atoms with van der Waals surface area (Å²) in [7, 11) is 1.47. The fourth-order valence-corrected chi connectivity index (χ4v) is 10.9. The van der Waals surface area contributed by atoms with Gasteiger partial charge >= 0.3 is 5.97 Å². The highest BCUT2D eigenvalue weighted by molar-refractivity contribution is 6.12. The lowest BCUT2D eigenvalue weighted by Crippen LogP contribution is -2.70. The number of phenolic OH excluding ortho intramolecular Hbond substituents is 2. The van der Waals surface area contributed by atoms with E-state index in [9.17, 15) is 34.5 Å². The van der Waals surface area contributed by atoms with Gasteiger partial charge in [-0.25, -0.2) is 0 Å². The Kier molecular flexibility index (Phi) is 8.15. The van der Waals surface area contributed by atoms with Crippen LogP contribution in [0.2, 0.25) is 0 Å². The topological polar surface area (TPSA) is 173 Å². The van der Waals surface area contributed by atoms with Gasteiger partial charge in [-0.2, -0.15) is 0 Å². The third kappa shape index (κ3) is 4.82. The molecule has 53 heavy (non-hydrogen) atoms. The lowest BCUT2D eigenvalue weighted by atomic mass is 9.38. The lowest BCUT2D eigenvalue weighted by molar-refractivity contribution is -0.200. The highest BCUT2D eigenvalue weighted by Gasteiger charge is 2.89. The fourth-order valence-electron chi connectivity index (χ4n) is 10.9. The molecule has 278 valence electrons. The molecule has 2 saturated carbocycles. The number of carbonyl (C=O) groups is 4. The molecule has 8 atom stereocenters. The van der Waals surface area contributed by atoms with E-state index in [0.717, 1.165) is 5.56 Å². The molecule has 3 N–H and O–H groups in total. The summed E-state index contributed by atoms with van der Waals surface area (Å²) in [5, 5.41) is 30.9. The van der Waals surface area contributed by atoms with Crippen molar-refractivity contribution >= 4 is 23.3 Å². The molecule has 1 saturated heterocycles. The Morgan fingerprint density at radius 3 is 2.25 bits per heavy atom. The van der Waals surface area contributed by atoms with Gasteiger partial charge in [-0.1, -0.05) is 32.1 Å². The second kappa shape index (κ2) is 11.9. The van der Waals surface area contributed by atoms with Crippen LogP contribution in [0.1, 0.15) is 81.8 Å². The summed E-state index contributed by atoms with van der Waals surface area (Å²) in [5.41, 5.74) is -2.79. The molecule has 1 aromatic heterocycles. The van der Waals surface area contributed by atoms with Crippen molar-refractivity contribution in [1.82, 2.24) is 0 Å². The number of aromatic hydroxyl groups is 2. The second-order valence-electron chi connectivity index (χ2n) is 16.0. The van der Waals surface area contributed by atoms with Gasteiger partial charge in [-0.15, -0.1) is 0 Å². The highest BCUT2D eigenvalue weighted by atomic mass is 16.6. The lowest BCUT2D eigenvalue weighted by Gasteiger charge is -2.64. The molecule has 3 aromatic rings. The van der Waals surface area contributed by atoms with E-state index in [2.05, 4.69) is 6.92 Å². The van der Waals surface area contributed by atoms with Gasteiger partial charge in [0.25, 0.3) is 0 Å². The van der Waals surface area contributed by atoms with Crippen LogP contribution < -0.4 is 4.74 Å². The number of epoxide rings is 1. The van der Waals surface area contributed by atoms with Crippen LogP contribution >= 0.6 is 0 Å². The van der Waals surface area contributed by atoms with Crippen molar-refractivity contribution in [3.63, 3.8) is 0 Å². The number of methoxy groups -OCH3 is 1. The summed E-state index contributed by atoms with van der Waals surface area (Å²) in [6.07, 6.45) is 7.17. The number of hydrogen-bond donors (Lipinski definition) is 3. The van der Waals surface area contributed by atoms with Crippen molar-refractivity contribution in [1.29, 1.82) is 0 Å². The molecule has 8 unspecified atom stereocenters. The molecule has 11 nitrogen and oxygen atoms in total. The van der Waals surface area contributed by atoms with Crippen molar-refractivity contribution in [2.75, 3.05) is 7.11 Å². The Bertz CT molecular complexity index is 2110. The third-order valence-corrected chi connectivity index (χ3v) is 13.0. The number of fused-ring (bicyclic) bond motifs is 3. The molecule has 0 bridgehead atoms. The molecule has 8 rings (SSSR count). The van der Waals surface area contributed by atoms with Crippen molar-refractivity contribution < 1.29 is 53.1 Å². The molecule has 2 heterocycles. The van der Waals surface area contributed by atoms with E-state index in [0.29, 0.717) is 24.2 Å². The number of esters is 1. The van der Waals surface area contributed by atoms with Gasteiger partial charge in [0.1, 0.15) is 29.0 Å². The maximum absolute atomic E-state index is 14.3. The monoisotopic (exact) mass is 724 g/mol. The molecule has 11 heteroatoms. The van der Waals surface area contributed by atoms with Gasteiger partial charge in [0.15, 0.2) is 17.3 Å². The van der Waals surface area contributed by atoms with Gasteiger partial charge in [-0.3, -0.25) is 19.2 Å². The standard InChI is InChI=1S/C28H32O7.C14H12O4/c1-14(29)34-17-12-26(5)16(15-8-10-33-13-15)11-19-28(26,35-19)27(6)21(17)25(4)9-7-18(30)24(2,3)22(25)20(31)23(27)32;1-18-9-6-7-11(13(16)8-9)14(17)10-4-2-3-5-12(10)15/h7-10,13,16-17,19,21,31H,11-12H2,1-6H3;2-8,15-16H,1H3. The average Bonchev–Trinajstić information content (AvgIpc) is 3.46. The zero-order valence-electron chi connectivity index (χ0n) is 30.8. The van der Waals surface area contributed by atoms with Gasteiger partial charge in [0.2, 0.25) is 5.78 Å². The molecule has 2 aromatic carbocycles. The predicted octanol–water partition coefficient (Wildman–Crippen LogP) is 6.77. The molecule has 3 fully saturated rings. The third-order valence-electron chi connectivity index (χ3n) is 13.0. The number of carbonyl (C=O) groups excluding carboxylic acids is 4. The number of allylic oxidation sites excluding steroid dienone is 4. The first kappa shape index (κ1) is 36.2. The van der Waals surface area contributed by atoms with Crippen LogP contribution in [0.3, 0.4) is 0 Å². The number of ether oxygens (including phenoxy) is 3. The van der Waals surface area contributed by atoms with Crippen LogP contribution in [0.5, 0.6) is 17.2 Å². The quantitative estimate of drug-likeness (QED) is 0.144. The molecule has 0 amide bonds. The molecular weight excluding hydrogens is 680 g/mol. The first-order valence-corrected chi connectivity index (χ1v) is 17.7. The fraction of sp³-hybridized carbons (Fsp3) is 0.429. The number of hydrogen-bond acceptors (Lipinski definition) is 11. The van der Waals surface area contributed by atoms with Crippen molar-refractivity contribution in [3.8, 4) is 17.2 Å². The number of benzene rings is 2. The number of para-hydroxylation sites is 1. The summed E-state index contributed by atoms with van der Waals surface area (Å²) in [6, 6.07) is 12.5. The van der Waals surface area contributed by atoms with E-state index in [1.165, 1.54) is 38.3 Å². The Morgan fingerprint density at radius 1 is 0.925 bits per heavy atom. The van der Waals surface area contributed by atoms with E-state index < -0.39 is 56.8 Å². The minimum absolute atomic E-state index is 0.0453. The zero-order valence-corrected chi connectivity index (χ0v) is 30.8. The number of rotatable bonds is 5. The summed E-state index contributed by atoms with van der Waals surface area (Å²) >= 11 is 0. The summed E-state index contributed by atoms with van der Waals surface area (Å²) in [5.74, 6) is -2.10. The normalized spacial score (nSPS) is 34.5. The molecular formula is C42H44O11. The van der Waals surface area contributed by atoms with Crippen LogP contribution in [0.4, 0.5) is 0 Å². The van der Waals surface area contributed by atoms with Crippen LogP contribution in [0, 0.1) is 27.6 Å². The summed E-state index contributed by atoms with van der Waals surface area (Å²) in [6.45, 7) is 10.8. The Labute approximate surface area is 307 Å². The van der Waals surface area contributed by atoms with Gasteiger partial charge in [0.05, 0.1) is 47.7 Å². The number of aliphatic hydroxyl groups excluding tert-OH is 1. The SMILES string of the molecule is CC(=O)OC1CC2(C)C(c3ccoc3)CC3OC32C2(C)C(=O)C(O)=C3C(C)(C)C(=O)C=CC3(C)C12.COc1ccc(C(=O)c2ccccc2O)c(O)c1. The maximum Gasteiger partial charge on any atom is 0.302 e. The molecule has 4 aliphatic carbocycles. The Morgan fingerprint density at radius 2 is 1.62 bits per heavy atom. The largest absolute Gasteiger partial charge is 0.507 e. The van der Waals surface area contributed by atoms with Crippen LogP contribution in [-0.2, 0) is 23.9 Å². The van der Waals surface area contributed by atoms with Crippen molar-refractivity contribution in [2.45, 2.75) is 78.1 Å². The molecule has 5 aliphatic rings. The van der Waals surface area contributed by atoms with Gasteiger partial charge in [-0.05, 0) is 87.1 Å². The molecule has 0 radical (unpaired) electrons. The van der Waals surface area contributed by atoms with Crippen LogP contribution in [0.25, 0.3) is 0 Å². The minimum Gasteiger partial charge on any atom is -0.507 e. The number of aliphatic hydroxyl groups is 1. The Balaban J connectivity index is 0.000000204.